The van der Waals surface area contributed by atoms with Gasteiger partial charge < -0.3 is 5.32 Å². The third-order valence-electron chi connectivity index (χ3n) is 3.96. The van der Waals surface area contributed by atoms with Crippen LogP contribution in [0.3, 0.4) is 0 Å². The highest BCUT2D eigenvalue weighted by atomic mass is 32.2. The fraction of sp³-hybridized carbons (Fsp3) is 0.300. The number of fused-ring (bicyclic) bond motifs is 1. The van der Waals surface area contributed by atoms with Crippen LogP contribution in [-0.4, -0.2) is 32.5 Å². The molecule has 6 nitrogen and oxygen atoms in total. The van der Waals surface area contributed by atoms with E-state index in [1.807, 2.05) is 44.4 Å². The van der Waals surface area contributed by atoms with Crippen molar-refractivity contribution in [3.8, 4) is 0 Å². The molecular formula is C20H22N4O2S2. The molecule has 28 heavy (non-hydrogen) atoms. The summed E-state index contributed by atoms with van der Waals surface area (Å²) in [5.41, 5.74) is 1.07. The number of anilines is 1. The zero-order valence-electron chi connectivity index (χ0n) is 16.0. The summed E-state index contributed by atoms with van der Waals surface area (Å²) in [7, 11) is 0. The average molecular weight is 415 g/mol. The van der Waals surface area contributed by atoms with Crippen molar-refractivity contribution in [1.29, 1.82) is 0 Å². The molecule has 146 valence electrons. The molecular weight excluding hydrogens is 392 g/mol. The first-order valence-electron chi connectivity index (χ1n) is 8.91. The number of aromatic nitrogens is 3. The zero-order valence-corrected chi connectivity index (χ0v) is 17.6. The van der Waals surface area contributed by atoms with E-state index in [1.165, 1.54) is 11.8 Å². The molecule has 0 saturated carbocycles. The number of carbonyl (C=O) groups excluding carboxylic acids is 1. The molecule has 2 aromatic heterocycles. The monoisotopic (exact) mass is 414 g/mol. The van der Waals surface area contributed by atoms with Gasteiger partial charge in [0.05, 0.1) is 16.8 Å². The standard InChI is InChI=1S/C20H22N4O2S2/c1-13(2)11-24-19(26)14-7-6-10-21-18(14)23-20(24)28-12-17(25)22-15-8-4-5-9-16(15)27-3/h4-10,13H,11-12H2,1-3H3,(H,22,25). The number of amides is 1. The minimum Gasteiger partial charge on any atom is -0.324 e. The lowest BCUT2D eigenvalue weighted by Gasteiger charge is -2.14. The Morgan fingerprint density at radius 3 is 2.75 bits per heavy atom. The van der Waals surface area contributed by atoms with E-state index in [0.29, 0.717) is 22.7 Å². The molecule has 0 aliphatic rings. The molecule has 1 amide bonds. The number of nitrogens with zero attached hydrogens (tertiary/aromatic N) is 3. The predicted octanol–water partition coefficient (Wildman–Crippen LogP) is 3.90. The second kappa shape index (κ2) is 9.25. The maximum Gasteiger partial charge on any atom is 0.263 e. The van der Waals surface area contributed by atoms with Crippen molar-refractivity contribution in [3.05, 3.63) is 52.9 Å². The molecule has 0 unspecified atom stereocenters. The van der Waals surface area contributed by atoms with Crippen LogP contribution in [0.25, 0.3) is 11.0 Å². The van der Waals surface area contributed by atoms with Crippen molar-refractivity contribution in [2.24, 2.45) is 5.92 Å². The van der Waals surface area contributed by atoms with E-state index >= 15 is 0 Å². The minimum atomic E-state index is -0.141. The smallest absolute Gasteiger partial charge is 0.263 e. The van der Waals surface area contributed by atoms with Crippen LogP contribution >= 0.6 is 23.5 Å². The summed E-state index contributed by atoms with van der Waals surface area (Å²) < 4.78 is 1.64. The van der Waals surface area contributed by atoms with Crippen molar-refractivity contribution in [2.45, 2.75) is 30.4 Å². The van der Waals surface area contributed by atoms with Gasteiger partial charge in [-0.3, -0.25) is 14.2 Å². The summed E-state index contributed by atoms with van der Waals surface area (Å²) >= 11 is 2.83. The predicted molar refractivity (Wildman–Crippen MR) is 116 cm³/mol. The van der Waals surface area contributed by atoms with E-state index in [-0.39, 0.29) is 23.1 Å². The summed E-state index contributed by atoms with van der Waals surface area (Å²) in [4.78, 5) is 35.1. The summed E-state index contributed by atoms with van der Waals surface area (Å²) in [5, 5.41) is 3.94. The van der Waals surface area contributed by atoms with Crippen LogP contribution in [0, 0.1) is 5.92 Å². The van der Waals surface area contributed by atoms with Crippen molar-refractivity contribution in [1.82, 2.24) is 14.5 Å². The van der Waals surface area contributed by atoms with E-state index in [9.17, 15) is 9.59 Å². The molecule has 0 bridgehead atoms. The Balaban J connectivity index is 1.83. The lowest BCUT2D eigenvalue weighted by Crippen LogP contribution is -2.26. The van der Waals surface area contributed by atoms with Gasteiger partial charge in [-0.2, -0.15) is 0 Å². The maximum atomic E-state index is 12.9. The van der Waals surface area contributed by atoms with Crippen LogP contribution in [0.4, 0.5) is 5.69 Å². The molecule has 0 radical (unpaired) electrons. The first-order valence-corrected chi connectivity index (χ1v) is 11.1. The largest absolute Gasteiger partial charge is 0.324 e. The van der Waals surface area contributed by atoms with Gasteiger partial charge in [0.2, 0.25) is 5.91 Å². The number of benzene rings is 1. The number of nitrogens with one attached hydrogen (secondary N) is 1. The van der Waals surface area contributed by atoms with E-state index in [0.717, 1.165) is 10.6 Å². The third-order valence-corrected chi connectivity index (χ3v) is 5.73. The van der Waals surface area contributed by atoms with Gasteiger partial charge in [0.15, 0.2) is 10.8 Å². The topological polar surface area (TPSA) is 76.9 Å². The summed E-state index contributed by atoms with van der Waals surface area (Å²) in [6.45, 7) is 4.62. The molecule has 1 N–H and O–H groups in total. The van der Waals surface area contributed by atoms with Gasteiger partial charge in [-0.25, -0.2) is 9.97 Å². The normalized spacial score (nSPS) is 11.1. The van der Waals surface area contributed by atoms with Crippen molar-refractivity contribution in [3.63, 3.8) is 0 Å². The Hall–Kier alpha value is -2.32. The number of hydrogen-bond acceptors (Lipinski definition) is 6. The van der Waals surface area contributed by atoms with Crippen LogP contribution in [0.1, 0.15) is 13.8 Å². The van der Waals surface area contributed by atoms with Gasteiger partial charge in [-0.05, 0) is 36.4 Å². The molecule has 2 heterocycles. The van der Waals surface area contributed by atoms with E-state index in [2.05, 4.69) is 15.3 Å². The molecule has 0 aliphatic heterocycles. The maximum absolute atomic E-state index is 12.9. The number of carbonyl (C=O) groups is 1. The molecule has 0 aliphatic carbocycles. The van der Waals surface area contributed by atoms with E-state index in [4.69, 9.17) is 0 Å². The van der Waals surface area contributed by atoms with Crippen molar-refractivity contribution in [2.75, 3.05) is 17.3 Å². The molecule has 0 fully saturated rings. The highest BCUT2D eigenvalue weighted by Gasteiger charge is 2.15. The molecule has 3 rings (SSSR count). The molecule has 0 spiro atoms. The molecule has 8 heteroatoms. The average Bonchev–Trinajstić information content (AvgIpc) is 2.69. The number of rotatable bonds is 7. The summed E-state index contributed by atoms with van der Waals surface area (Å²) in [5.74, 6) is 0.291. The minimum absolute atomic E-state index is 0.123. The second-order valence-electron chi connectivity index (χ2n) is 6.62. The first kappa shape index (κ1) is 20.4. The Morgan fingerprint density at radius 2 is 2.00 bits per heavy atom. The Bertz CT molecular complexity index is 1050. The summed E-state index contributed by atoms with van der Waals surface area (Å²) in [6.07, 6.45) is 3.58. The lowest BCUT2D eigenvalue weighted by molar-refractivity contribution is -0.113. The molecule has 1 aromatic carbocycles. The summed E-state index contributed by atoms with van der Waals surface area (Å²) in [6, 6.07) is 11.1. The Kier molecular flexibility index (Phi) is 6.74. The molecule has 0 atom stereocenters. The Morgan fingerprint density at radius 1 is 1.21 bits per heavy atom. The van der Waals surface area contributed by atoms with Gasteiger partial charge in [0, 0.05) is 17.6 Å². The fourth-order valence-electron chi connectivity index (χ4n) is 2.74. The number of thioether (sulfide) groups is 2. The van der Waals surface area contributed by atoms with E-state index < -0.39 is 0 Å². The van der Waals surface area contributed by atoms with Gasteiger partial charge in [-0.1, -0.05) is 37.7 Å². The van der Waals surface area contributed by atoms with Crippen molar-refractivity contribution >= 4 is 46.2 Å². The van der Waals surface area contributed by atoms with Crippen LogP contribution in [0.15, 0.2) is 57.4 Å². The van der Waals surface area contributed by atoms with Gasteiger partial charge in [0.1, 0.15) is 0 Å². The Labute approximate surface area is 172 Å². The van der Waals surface area contributed by atoms with Crippen LogP contribution < -0.4 is 10.9 Å². The molecule has 3 aromatic rings. The van der Waals surface area contributed by atoms with Gasteiger partial charge in [0.25, 0.3) is 5.56 Å². The highest BCUT2D eigenvalue weighted by molar-refractivity contribution is 7.99. The first-order chi connectivity index (χ1) is 13.5. The van der Waals surface area contributed by atoms with Crippen molar-refractivity contribution < 1.29 is 4.79 Å². The SMILES string of the molecule is CSc1ccccc1NC(=O)CSc1nc2ncccc2c(=O)n1CC(C)C. The molecule has 0 saturated heterocycles. The fourth-order valence-corrected chi connectivity index (χ4v) is 4.09. The van der Waals surface area contributed by atoms with Crippen LogP contribution in [0.2, 0.25) is 0 Å². The number of para-hydroxylation sites is 1. The van der Waals surface area contributed by atoms with Gasteiger partial charge in [-0.15, -0.1) is 11.8 Å². The second-order valence-corrected chi connectivity index (χ2v) is 8.41. The lowest BCUT2D eigenvalue weighted by atomic mass is 10.2. The van der Waals surface area contributed by atoms with Gasteiger partial charge >= 0.3 is 0 Å². The quantitative estimate of drug-likeness (QED) is 0.467. The van der Waals surface area contributed by atoms with Crippen LogP contribution in [-0.2, 0) is 11.3 Å². The van der Waals surface area contributed by atoms with Crippen LogP contribution in [0.5, 0.6) is 0 Å². The highest BCUT2D eigenvalue weighted by Crippen LogP contribution is 2.25. The third kappa shape index (κ3) is 4.74. The number of hydrogen-bond donors (Lipinski definition) is 1. The zero-order chi connectivity index (χ0) is 20.1. The number of pyridine rings is 1. The van der Waals surface area contributed by atoms with E-state index in [1.54, 1.807) is 34.7 Å².